The number of hydrogen-bond donors (Lipinski definition) is 3. The number of nitrogens with zero attached hydrogens (tertiary/aromatic N) is 2. The maximum absolute atomic E-state index is 11.9. The maximum atomic E-state index is 11.9. The topological polar surface area (TPSA) is 108 Å². The number of carboxylic acids is 1. The molecule has 1 heterocycles. The highest BCUT2D eigenvalue weighted by Crippen LogP contribution is 2.19. The Labute approximate surface area is 111 Å². The molecule has 0 radical (unpaired) electrons. The van der Waals surface area contributed by atoms with Gasteiger partial charge in [-0.2, -0.15) is 0 Å². The van der Waals surface area contributed by atoms with Crippen LogP contribution in [0.1, 0.15) is 57.0 Å². The Morgan fingerprint density at radius 2 is 1.89 bits per heavy atom. The lowest BCUT2D eigenvalue weighted by Crippen LogP contribution is -2.49. The molecule has 1 aromatic heterocycles. The highest BCUT2D eigenvalue weighted by atomic mass is 16.4. The van der Waals surface area contributed by atoms with Crippen molar-refractivity contribution < 1.29 is 14.7 Å². The first-order valence-electron chi connectivity index (χ1n) is 6.09. The van der Waals surface area contributed by atoms with Crippen LogP contribution in [0.15, 0.2) is 0 Å². The molecule has 0 fully saturated rings. The minimum absolute atomic E-state index is 0.0424. The molecule has 0 saturated heterocycles. The lowest BCUT2D eigenvalue weighted by atomic mass is 9.87. The number of carbonyl (C=O) groups is 2. The van der Waals surface area contributed by atoms with E-state index in [9.17, 15) is 9.59 Å². The zero-order valence-corrected chi connectivity index (χ0v) is 11.8. The molecule has 0 aliphatic heterocycles. The SMILES string of the molecule is CC(C)c1nc(C(=O)N[C@H](C(=O)O)C(C)(C)C)n[nH]1. The third-order valence-electron chi connectivity index (χ3n) is 2.64. The number of rotatable bonds is 4. The molecule has 7 nitrogen and oxygen atoms in total. The summed E-state index contributed by atoms with van der Waals surface area (Å²) in [5.41, 5.74) is -0.599. The Kier molecular flexibility index (Phi) is 4.28. The quantitative estimate of drug-likeness (QED) is 0.759. The molecule has 106 valence electrons. The average molecular weight is 268 g/mol. The van der Waals surface area contributed by atoms with Crippen molar-refractivity contribution in [2.24, 2.45) is 5.41 Å². The molecule has 0 aliphatic rings. The molecule has 0 unspecified atom stereocenters. The summed E-state index contributed by atoms with van der Waals surface area (Å²) in [6.07, 6.45) is 0. The van der Waals surface area contributed by atoms with Gasteiger partial charge in [0.25, 0.3) is 5.91 Å². The third kappa shape index (κ3) is 3.77. The molecule has 3 N–H and O–H groups in total. The zero-order valence-electron chi connectivity index (χ0n) is 11.8. The van der Waals surface area contributed by atoms with Gasteiger partial charge in [0, 0.05) is 5.92 Å². The molecule has 7 heteroatoms. The summed E-state index contributed by atoms with van der Waals surface area (Å²) in [5, 5.41) is 18.0. The van der Waals surface area contributed by atoms with E-state index in [2.05, 4.69) is 20.5 Å². The smallest absolute Gasteiger partial charge is 0.326 e. The van der Waals surface area contributed by atoms with Crippen molar-refractivity contribution in [2.45, 2.75) is 46.6 Å². The van der Waals surface area contributed by atoms with Gasteiger partial charge in [-0.25, -0.2) is 9.78 Å². The van der Waals surface area contributed by atoms with E-state index in [4.69, 9.17) is 5.11 Å². The first-order valence-corrected chi connectivity index (χ1v) is 6.09. The second-order valence-electron chi connectivity index (χ2n) is 5.81. The molecule has 0 aromatic carbocycles. The molecule has 0 bridgehead atoms. The van der Waals surface area contributed by atoms with Gasteiger partial charge in [-0.05, 0) is 5.41 Å². The highest BCUT2D eigenvalue weighted by Gasteiger charge is 2.33. The molecular weight excluding hydrogens is 248 g/mol. The van der Waals surface area contributed by atoms with E-state index in [1.54, 1.807) is 20.8 Å². The highest BCUT2D eigenvalue weighted by molar-refractivity contribution is 5.93. The average Bonchev–Trinajstić information content (AvgIpc) is 2.72. The summed E-state index contributed by atoms with van der Waals surface area (Å²) in [7, 11) is 0. The van der Waals surface area contributed by atoms with E-state index in [1.165, 1.54) is 0 Å². The maximum Gasteiger partial charge on any atom is 0.326 e. The monoisotopic (exact) mass is 268 g/mol. The van der Waals surface area contributed by atoms with E-state index in [-0.39, 0.29) is 11.7 Å². The Morgan fingerprint density at radius 1 is 1.32 bits per heavy atom. The van der Waals surface area contributed by atoms with Gasteiger partial charge in [-0.3, -0.25) is 9.89 Å². The minimum Gasteiger partial charge on any atom is -0.480 e. The normalized spacial score (nSPS) is 13.4. The van der Waals surface area contributed by atoms with Gasteiger partial charge in [-0.15, -0.1) is 5.10 Å². The predicted octanol–water partition coefficient (Wildman–Crippen LogP) is 1.16. The van der Waals surface area contributed by atoms with E-state index >= 15 is 0 Å². The first kappa shape index (κ1) is 15.1. The van der Waals surface area contributed by atoms with Gasteiger partial charge in [0.05, 0.1) is 0 Å². The van der Waals surface area contributed by atoms with Crippen LogP contribution >= 0.6 is 0 Å². The number of carboxylic acid groups (broad SMARTS) is 1. The van der Waals surface area contributed by atoms with E-state index in [0.29, 0.717) is 5.82 Å². The lowest BCUT2D eigenvalue weighted by molar-refractivity contribution is -0.142. The van der Waals surface area contributed by atoms with Crippen LogP contribution in [0.25, 0.3) is 0 Å². The molecule has 0 aliphatic carbocycles. The van der Waals surface area contributed by atoms with Crippen molar-refractivity contribution in [3.8, 4) is 0 Å². The summed E-state index contributed by atoms with van der Waals surface area (Å²) in [4.78, 5) is 27.1. The lowest BCUT2D eigenvalue weighted by Gasteiger charge is -2.27. The van der Waals surface area contributed by atoms with Crippen molar-refractivity contribution in [1.82, 2.24) is 20.5 Å². The number of amides is 1. The van der Waals surface area contributed by atoms with Crippen LogP contribution in [0.5, 0.6) is 0 Å². The van der Waals surface area contributed by atoms with Gasteiger partial charge in [0.1, 0.15) is 11.9 Å². The van der Waals surface area contributed by atoms with Crippen molar-refractivity contribution in [1.29, 1.82) is 0 Å². The number of aliphatic carboxylic acids is 1. The predicted molar refractivity (Wildman–Crippen MR) is 68.8 cm³/mol. The van der Waals surface area contributed by atoms with Crippen LogP contribution in [0, 0.1) is 5.41 Å². The fourth-order valence-electron chi connectivity index (χ4n) is 1.48. The third-order valence-corrected chi connectivity index (χ3v) is 2.64. The van der Waals surface area contributed by atoms with Crippen molar-refractivity contribution >= 4 is 11.9 Å². The van der Waals surface area contributed by atoms with E-state index in [0.717, 1.165) is 0 Å². The van der Waals surface area contributed by atoms with Gasteiger partial charge < -0.3 is 10.4 Å². The summed E-state index contributed by atoms with van der Waals surface area (Å²) in [6, 6.07) is -0.999. The summed E-state index contributed by atoms with van der Waals surface area (Å²) in [6.45, 7) is 9.05. The molecule has 1 rings (SSSR count). The van der Waals surface area contributed by atoms with Crippen LogP contribution in [-0.4, -0.2) is 38.2 Å². The summed E-state index contributed by atoms with van der Waals surface area (Å²) >= 11 is 0. The standard InChI is InChI=1S/C12H20N4O3/c1-6(2)8-14-9(16-15-8)10(17)13-7(11(18)19)12(3,4)5/h6-7H,1-5H3,(H,13,17)(H,18,19)(H,14,15,16)/t7-/m1/s1. The van der Waals surface area contributed by atoms with Gasteiger partial charge in [-0.1, -0.05) is 34.6 Å². The fraction of sp³-hybridized carbons (Fsp3) is 0.667. The van der Waals surface area contributed by atoms with Crippen molar-refractivity contribution in [3.63, 3.8) is 0 Å². The number of H-pyrrole nitrogens is 1. The minimum atomic E-state index is -1.08. The first-order chi connectivity index (χ1) is 8.62. The van der Waals surface area contributed by atoms with Gasteiger partial charge in [0.15, 0.2) is 0 Å². The van der Waals surface area contributed by atoms with Crippen LogP contribution < -0.4 is 5.32 Å². The second-order valence-corrected chi connectivity index (χ2v) is 5.81. The van der Waals surface area contributed by atoms with Crippen LogP contribution in [0.4, 0.5) is 0 Å². The summed E-state index contributed by atoms with van der Waals surface area (Å²) < 4.78 is 0. The molecule has 1 atom stereocenters. The van der Waals surface area contributed by atoms with E-state index in [1.807, 2.05) is 13.8 Å². The fourth-order valence-corrected chi connectivity index (χ4v) is 1.48. The zero-order chi connectivity index (χ0) is 14.8. The number of hydrogen-bond acceptors (Lipinski definition) is 4. The Balaban J connectivity index is 2.85. The molecule has 19 heavy (non-hydrogen) atoms. The molecule has 1 amide bonds. The Morgan fingerprint density at radius 3 is 2.26 bits per heavy atom. The van der Waals surface area contributed by atoms with Crippen LogP contribution in [0.3, 0.4) is 0 Å². The van der Waals surface area contributed by atoms with Crippen LogP contribution in [0.2, 0.25) is 0 Å². The van der Waals surface area contributed by atoms with Crippen molar-refractivity contribution in [3.05, 3.63) is 11.6 Å². The number of nitrogens with one attached hydrogen (secondary N) is 2. The van der Waals surface area contributed by atoms with Gasteiger partial charge in [0.2, 0.25) is 5.82 Å². The Bertz CT molecular complexity index is 474. The van der Waals surface area contributed by atoms with Gasteiger partial charge >= 0.3 is 5.97 Å². The Hall–Kier alpha value is -1.92. The molecular formula is C12H20N4O3. The number of carbonyl (C=O) groups excluding carboxylic acids is 1. The molecule has 0 spiro atoms. The molecule has 1 aromatic rings. The van der Waals surface area contributed by atoms with Crippen molar-refractivity contribution in [2.75, 3.05) is 0 Å². The number of aromatic nitrogens is 3. The summed E-state index contributed by atoms with van der Waals surface area (Å²) in [5.74, 6) is -1.01. The van der Waals surface area contributed by atoms with E-state index < -0.39 is 23.3 Å². The second kappa shape index (κ2) is 5.38. The molecule has 0 saturated carbocycles. The number of aromatic amines is 1. The van der Waals surface area contributed by atoms with Crippen LogP contribution in [-0.2, 0) is 4.79 Å². The largest absolute Gasteiger partial charge is 0.480 e.